The number of carbonyl (C=O) groups is 2. The van der Waals surface area contributed by atoms with E-state index in [1.165, 1.54) is 7.11 Å². The standard InChI is InChI=1S/C11H14N2O3/c1-3-12-10(14)8-4-6-9(7-5-8)13-11(15)16-2/h4-7H,3H2,1-2H3,(H,12,14)(H,13,15). The third kappa shape index (κ3) is 3.27. The quantitative estimate of drug-likeness (QED) is 0.816. The summed E-state index contributed by atoms with van der Waals surface area (Å²) in [6, 6.07) is 6.55. The van der Waals surface area contributed by atoms with Gasteiger partial charge < -0.3 is 10.1 Å². The van der Waals surface area contributed by atoms with E-state index in [2.05, 4.69) is 15.4 Å². The molecule has 16 heavy (non-hydrogen) atoms. The fraction of sp³-hybridized carbons (Fsp3) is 0.273. The number of carbonyl (C=O) groups excluding carboxylic acids is 2. The molecule has 2 N–H and O–H groups in total. The van der Waals surface area contributed by atoms with Gasteiger partial charge in [-0.25, -0.2) is 4.79 Å². The lowest BCUT2D eigenvalue weighted by Gasteiger charge is -2.05. The number of benzene rings is 1. The molecular weight excluding hydrogens is 208 g/mol. The van der Waals surface area contributed by atoms with Crippen LogP contribution in [0.15, 0.2) is 24.3 Å². The minimum absolute atomic E-state index is 0.132. The summed E-state index contributed by atoms with van der Waals surface area (Å²) in [7, 11) is 1.29. The van der Waals surface area contributed by atoms with Crippen LogP contribution in [0.2, 0.25) is 0 Å². The smallest absolute Gasteiger partial charge is 0.411 e. The average Bonchev–Trinajstić information content (AvgIpc) is 2.30. The largest absolute Gasteiger partial charge is 0.453 e. The lowest BCUT2D eigenvalue weighted by atomic mass is 10.2. The molecule has 0 fully saturated rings. The second-order valence-corrected chi connectivity index (χ2v) is 3.05. The third-order valence-corrected chi connectivity index (χ3v) is 1.92. The molecule has 0 saturated heterocycles. The van der Waals surface area contributed by atoms with Crippen molar-refractivity contribution in [3.05, 3.63) is 29.8 Å². The summed E-state index contributed by atoms with van der Waals surface area (Å²) in [4.78, 5) is 22.3. The minimum atomic E-state index is -0.536. The number of anilines is 1. The highest BCUT2D eigenvalue weighted by Crippen LogP contribution is 2.09. The van der Waals surface area contributed by atoms with Gasteiger partial charge >= 0.3 is 6.09 Å². The average molecular weight is 222 g/mol. The summed E-state index contributed by atoms with van der Waals surface area (Å²) in [5.74, 6) is -0.132. The van der Waals surface area contributed by atoms with Gasteiger partial charge in [-0.1, -0.05) is 0 Å². The summed E-state index contributed by atoms with van der Waals surface area (Å²) in [6.07, 6.45) is -0.536. The van der Waals surface area contributed by atoms with Crippen molar-refractivity contribution in [3.8, 4) is 0 Å². The van der Waals surface area contributed by atoms with E-state index >= 15 is 0 Å². The van der Waals surface area contributed by atoms with Crippen molar-refractivity contribution in [3.63, 3.8) is 0 Å². The van der Waals surface area contributed by atoms with E-state index in [0.717, 1.165) is 0 Å². The molecule has 0 bridgehead atoms. The van der Waals surface area contributed by atoms with E-state index < -0.39 is 6.09 Å². The predicted molar refractivity (Wildman–Crippen MR) is 60.5 cm³/mol. The van der Waals surface area contributed by atoms with E-state index in [-0.39, 0.29) is 5.91 Å². The second-order valence-electron chi connectivity index (χ2n) is 3.05. The van der Waals surface area contributed by atoms with Gasteiger partial charge in [-0.2, -0.15) is 0 Å². The Labute approximate surface area is 93.8 Å². The van der Waals surface area contributed by atoms with Crippen molar-refractivity contribution in [2.45, 2.75) is 6.92 Å². The van der Waals surface area contributed by atoms with Crippen molar-refractivity contribution in [2.24, 2.45) is 0 Å². The van der Waals surface area contributed by atoms with Gasteiger partial charge in [0.25, 0.3) is 5.91 Å². The number of rotatable bonds is 3. The van der Waals surface area contributed by atoms with E-state index in [4.69, 9.17) is 0 Å². The Morgan fingerprint density at radius 3 is 2.38 bits per heavy atom. The van der Waals surface area contributed by atoms with Gasteiger partial charge in [-0.05, 0) is 31.2 Å². The fourth-order valence-corrected chi connectivity index (χ4v) is 1.14. The summed E-state index contributed by atoms with van der Waals surface area (Å²) in [5, 5.41) is 5.18. The molecule has 0 spiro atoms. The van der Waals surface area contributed by atoms with Crippen molar-refractivity contribution in [2.75, 3.05) is 19.0 Å². The molecule has 5 heteroatoms. The Bertz CT molecular complexity index is 373. The van der Waals surface area contributed by atoms with Gasteiger partial charge in [0, 0.05) is 17.8 Å². The monoisotopic (exact) mass is 222 g/mol. The number of methoxy groups -OCH3 is 1. The minimum Gasteiger partial charge on any atom is -0.453 e. The molecule has 0 atom stereocenters. The van der Waals surface area contributed by atoms with Crippen LogP contribution in [0.4, 0.5) is 10.5 Å². The normalized spacial score (nSPS) is 9.38. The van der Waals surface area contributed by atoms with Crippen LogP contribution >= 0.6 is 0 Å². The Morgan fingerprint density at radius 1 is 1.25 bits per heavy atom. The Balaban J connectivity index is 2.67. The van der Waals surface area contributed by atoms with Gasteiger partial charge in [-0.3, -0.25) is 10.1 Å². The third-order valence-electron chi connectivity index (χ3n) is 1.92. The molecule has 1 aromatic carbocycles. The van der Waals surface area contributed by atoms with Gasteiger partial charge in [0.1, 0.15) is 0 Å². The van der Waals surface area contributed by atoms with Crippen LogP contribution in [0.1, 0.15) is 17.3 Å². The number of amides is 2. The second kappa shape index (κ2) is 5.75. The number of nitrogens with one attached hydrogen (secondary N) is 2. The zero-order chi connectivity index (χ0) is 12.0. The highest BCUT2D eigenvalue weighted by molar-refractivity contribution is 5.95. The van der Waals surface area contributed by atoms with Crippen molar-refractivity contribution in [1.82, 2.24) is 5.32 Å². The Morgan fingerprint density at radius 2 is 1.88 bits per heavy atom. The number of ether oxygens (including phenoxy) is 1. The lowest BCUT2D eigenvalue weighted by molar-refractivity contribution is 0.0956. The molecule has 0 aliphatic heterocycles. The molecule has 0 heterocycles. The van der Waals surface area contributed by atoms with Gasteiger partial charge in [0.15, 0.2) is 0 Å². The highest BCUT2D eigenvalue weighted by atomic mass is 16.5. The zero-order valence-electron chi connectivity index (χ0n) is 9.24. The van der Waals surface area contributed by atoms with Crippen LogP contribution in [-0.2, 0) is 4.74 Å². The molecule has 1 rings (SSSR count). The first-order valence-corrected chi connectivity index (χ1v) is 4.90. The molecule has 0 saturated carbocycles. The summed E-state index contributed by atoms with van der Waals surface area (Å²) in [6.45, 7) is 2.44. The van der Waals surface area contributed by atoms with Crippen LogP contribution in [0, 0.1) is 0 Å². The van der Waals surface area contributed by atoms with Gasteiger partial charge in [0.2, 0.25) is 0 Å². The van der Waals surface area contributed by atoms with E-state index in [9.17, 15) is 9.59 Å². The Kier molecular flexibility index (Phi) is 4.32. The van der Waals surface area contributed by atoms with E-state index in [1.54, 1.807) is 24.3 Å². The molecule has 0 aliphatic carbocycles. The Hall–Kier alpha value is -2.04. The van der Waals surface area contributed by atoms with Crippen molar-refractivity contribution >= 4 is 17.7 Å². The molecule has 86 valence electrons. The summed E-state index contributed by atoms with van der Waals surface area (Å²) in [5.41, 5.74) is 1.14. The maximum absolute atomic E-state index is 11.4. The van der Waals surface area contributed by atoms with Crippen LogP contribution in [-0.4, -0.2) is 25.7 Å². The number of hydrogen-bond acceptors (Lipinski definition) is 3. The molecule has 2 amide bonds. The molecule has 5 nitrogen and oxygen atoms in total. The first-order chi connectivity index (χ1) is 7.67. The van der Waals surface area contributed by atoms with Crippen LogP contribution in [0.5, 0.6) is 0 Å². The maximum atomic E-state index is 11.4. The SMILES string of the molecule is CCNC(=O)c1ccc(NC(=O)OC)cc1. The van der Waals surface area contributed by atoms with Crippen molar-refractivity contribution < 1.29 is 14.3 Å². The molecule has 1 aromatic rings. The zero-order valence-corrected chi connectivity index (χ0v) is 9.24. The van der Waals surface area contributed by atoms with Crippen LogP contribution in [0.25, 0.3) is 0 Å². The van der Waals surface area contributed by atoms with E-state index in [1.807, 2.05) is 6.92 Å². The first kappa shape index (κ1) is 12.0. The van der Waals surface area contributed by atoms with Crippen molar-refractivity contribution in [1.29, 1.82) is 0 Å². The van der Waals surface area contributed by atoms with Crippen LogP contribution in [0.3, 0.4) is 0 Å². The lowest BCUT2D eigenvalue weighted by Crippen LogP contribution is -2.22. The number of hydrogen-bond donors (Lipinski definition) is 2. The van der Waals surface area contributed by atoms with Gasteiger partial charge in [-0.15, -0.1) is 0 Å². The molecule has 0 unspecified atom stereocenters. The predicted octanol–water partition coefficient (Wildman–Crippen LogP) is 1.61. The molecular formula is C11H14N2O3. The van der Waals surface area contributed by atoms with Gasteiger partial charge in [0.05, 0.1) is 7.11 Å². The fourth-order valence-electron chi connectivity index (χ4n) is 1.14. The summed E-state index contributed by atoms with van der Waals surface area (Å²) >= 11 is 0. The van der Waals surface area contributed by atoms with E-state index in [0.29, 0.717) is 17.8 Å². The van der Waals surface area contributed by atoms with Crippen LogP contribution < -0.4 is 10.6 Å². The summed E-state index contributed by atoms with van der Waals surface area (Å²) < 4.78 is 4.44. The maximum Gasteiger partial charge on any atom is 0.411 e. The highest BCUT2D eigenvalue weighted by Gasteiger charge is 2.04. The molecule has 0 aliphatic rings. The molecule has 0 aromatic heterocycles. The topological polar surface area (TPSA) is 67.4 Å². The molecule has 0 radical (unpaired) electrons. The first-order valence-electron chi connectivity index (χ1n) is 4.90.